The Morgan fingerprint density at radius 2 is 1.30 bits per heavy atom. The number of halogens is 1. The van der Waals surface area contributed by atoms with Gasteiger partial charge in [0.15, 0.2) is 11.6 Å². The predicted octanol–water partition coefficient (Wildman–Crippen LogP) is 9.01. The van der Waals surface area contributed by atoms with Gasteiger partial charge in [0.1, 0.15) is 0 Å². The van der Waals surface area contributed by atoms with E-state index in [2.05, 4.69) is 52.4 Å². The Balaban J connectivity index is 1.32. The molecule has 4 nitrogen and oxygen atoms in total. The highest BCUT2D eigenvalue weighted by atomic mass is 79.9. The van der Waals surface area contributed by atoms with Crippen molar-refractivity contribution in [2.45, 2.75) is 77.6 Å². The number of nitrogens with one attached hydrogen (secondary N) is 1. The molecule has 0 heterocycles. The Kier molecular flexibility index (Phi) is 9.56. The van der Waals surface area contributed by atoms with E-state index in [0.717, 1.165) is 12.1 Å². The maximum absolute atomic E-state index is 13.2. The third kappa shape index (κ3) is 6.51. The minimum absolute atomic E-state index is 0.181. The van der Waals surface area contributed by atoms with E-state index < -0.39 is 0 Å². The summed E-state index contributed by atoms with van der Waals surface area (Å²) in [7, 11) is 0. The van der Waals surface area contributed by atoms with Crippen LogP contribution in [-0.4, -0.2) is 11.6 Å². The fourth-order valence-corrected chi connectivity index (χ4v) is 5.49. The zero-order valence-electron chi connectivity index (χ0n) is 21.7. The molecule has 5 heteroatoms. The first-order valence-electron chi connectivity index (χ1n) is 13.7. The number of rotatable bonds is 13. The van der Waals surface area contributed by atoms with E-state index in [-0.39, 0.29) is 22.8 Å². The first-order valence-corrected chi connectivity index (χ1v) is 14.5. The molecule has 194 valence electrons. The summed E-state index contributed by atoms with van der Waals surface area (Å²) in [6.07, 6.45) is 14.5. The monoisotopic (exact) mass is 560 g/mol. The van der Waals surface area contributed by atoms with Gasteiger partial charge < -0.3 is 11.1 Å². The molecule has 37 heavy (non-hydrogen) atoms. The molecule has 0 radical (unpaired) electrons. The number of carbonyl (C=O) groups is 2. The van der Waals surface area contributed by atoms with Gasteiger partial charge in [-0.05, 0) is 52.5 Å². The van der Waals surface area contributed by atoms with Crippen LogP contribution < -0.4 is 11.1 Å². The highest BCUT2D eigenvalue weighted by Crippen LogP contribution is 2.40. The molecule has 0 amide bonds. The molecule has 0 aromatic heterocycles. The Labute approximate surface area is 229 Å². The lowest BCUT2D eigenvalue weighted by Crippen LogP contribution is -2.23. The van der Waals surface area contributed by atoms with E-state index in [1.54, 1.807) is 30.3 Å². The lowest BCUT2D eigenvalue weighted by Gasteiger charge is -2.22. The maximum atomic E-state index is 13.2. The third-order valence-corrected chi connectivity index (χ3v) is 8.09. The van der Waals surface area contributed by atoms with Crippen LogP contribution in [0.3, 0.4) is 0 Å². The Hall–Kier alpha value is -2.92. The Bertz CT molecular complexity index is 1250. The van der Waals surface area contributed by atoms with E-state index in [9.17, 15) is 9.59 Å². The molecule has 1 aliphatic rings. The zero-order valence-corrected chi connectivity index (χ0v) is 23.3. The summed E-state index contributed by atoms with van der Waals surface area (Å²) >= 11 is 3.54. The molecule has 3 N–H and O–H groups in total. The third-order valence-electron chi connectivity index (χ3n) is 7.24. The van der Waals surface area contributed by atoms with Gasteiger partial charge in [-0.25, -0.2) is 0 Å². The average molecular weight is 562 g/mol. The summed E-state index contributed by atoms with van der Waals surface area (Å²) in [4.78, 5) is 26.2. The van der Waals surface area contributed by atoms with Gasteiger partial charge in [0.25, 0.3) is 0 Å². The maximum Gasteiger partial charge on any atom is 0.196 e. The van der Waals surface area contributed by atoms with Crippen molar-refractivity contribution in [2.75, 3.05) is 11.1 Å². The molecule has 3 aromatic carbocycles. The summed E-state index contributed by atoms with van der Waals surface area (Å²) in [5, 5.41) is 3.37. The van der Waals surface area contributed by atoms with Crippen LogP contribution in [0.4, 0.5) is 17.1 Å². The largest absolute Gasteiger partial charge is 0.397 e. The van der Waals surface area contributed by atoms with Crippen molar-refractivity contribution in [1.29, 1.82) is 0 Å². The Morgan fingerprint density at radius 3 is 1.92 bits per heavy atom. The van der Waals surface area contributed by atoms with E-state index >= 15 is 0 Å². The number of ketones is 2. The molecular formula is C32H37BrN2O2. The summed E-state index contributed by atoms with van der Waals surface area (Å²) in [5.74, 6) is -0.398. The molecule has 0 aliphatic heterocycles. The van der Waals surface area contributed by atoms with Crippen LogP contribution in [0.5, 0.6) is 0 Å². The van der Waals surface area contributed by atoms with Crippen LogP contribution in [0.2, 0.25) is 0 Å². The van der Waals surface area contributed by atoms with Crippen LogP contribution in [0.1, 0.15) is 109 Å². The van der Waals surface area contributed by atoms with E-state index in [4.69, 9.17) is 5.73 Å². The zero-order chi connectivity index (χ0) is 26.2. The number of unbranched alkanes of at least 4 members (excludes halogenated alkanes) is 9. The molecular weight excluding hydrogens is 524 g/mol. The summed E-state index contributed by atoms with van der Waals surface area (Å²) in [5.41, 5.74) is 11.0. The first-order chi connectivity index (χ1) is 18.0. The van der Waals surface area contributed by atoms with Gasteiger partial charge in [0.05, 0.1) is 21.4 Å². The number of fused-ring (bicyclic) bond motifs is 2. The predicted molar refractivity (Wildman–Crippen MR) is 157 cm³/mol. The fourth-order valence-electron chi connectivity index (χ4n) is 5.08. The second kappa shape index (κ2) is 13.0. The van der Waals surface area contributed by atoms with Crippen molar-refractivity contribution in [1.82, 2.24) is 0 Å². The normalized spacial score (nSPS) is 12.4. The SMILES string of the molecule is CCCCCCCCCCCCc1ccc(Nc2cc3c(c(N)c2Br)C(=O)c2ccccc2C3=O)cc1. The molecule has 0 atom stereocenters. The number of hydrogen-bond donors (Lipinski definition) is 2. The number of nitrogens with two attached hydrogens (primary N) is 1. The van der Waals surface area contributed by atoms with Gasteiger partial charge >= 0.3 is 0 Å². The van der Waals surface area contributed by atoms with E-state index in [1.807, 2.05) is 0 Å². The number of benzene rings is 3. The highest BCUT2D eigenvalue weighted by Gasteiger charge is 2.33. The number of hydrogen-bond acceptors (Lipinski definition) is 4. The van der Waals surface area contributed by atoms with Crippen molar-refractivity contribution in [3.63, 3.8) is 0 Å². The summed E-state index contributed by atoms with van der Waals surface area (Å²) in [6, 6.07) is 17.0. The van der Waals surface area contributed by atoms with E-state index in [0.29, 0.717) is 26.9 Å². The minimum Gasteiger partial charge on any atom is -0.397 e. The molecule has 0 unspecified atom stereocenters. The smallest absolute Gasteiger partial charge is 0.196 e. The molecule has 0 bridgehead atoms. The van der Waals surface area contributed by atoms with Gasteiger partial charge in [-0.15, -0.1) is 0 Å². The van der Waals surface area contributed by atoms with Gasteiger partial charge in [-0.1, -0.05) is 101 Å². The lowest BCUT2D eigenvalue weighted by atomic mass is 9.83. The molecule has 0 fully saturated rings. The van der Waals surface area contributed by atoms with Gasteiger partial charge in [-0.3, -0.25) is 9.59 Å². The number of anilines is 3. The van der Waals surface area contributed by atoms with Crippen molar-refractivity contribution >= 4 is 44.6 Å². The second-order valence-electron chi connectivity index (χ2n) is 10.0. The minimum atomic E-state index is -0.216. The standard InChI is InChI=1S/C32H37BrN2O2/c1-2-3-4-5-6-7-8-9-10-11-14-22-17-19-23(20-18-22)35-27-21-26-28(30(34)29(27)33)32(37)25-16-13-12-15-24(25)31(26)36/h12-13,15-21,35H,2-11,14,34H2,1H3. The van der Waals surface area contributed by atoms with Gasteiger partial charge in [0, 0.05) is 22.4 Å². The van der Waals surface area contributed by atoms with Gasteiger partial charge in [0.2, 0.25) is 0 Å². The molecule has 3 aromatic rings. The van der Waals surface area contributed by atoms with Crippen molar-refractivity contribution in [3.05, 3.63) is 86.9 Å². The molecule has 1 aliphatic carbocycles. The molecule has 0 saturated heterocycles. The van der Waals surface area contributed by atoms with Crippen LogP contribution in [0.15, 0.2) is 59.1 Å². The average Bonchev–Trinajstić information content (AvgIpc) is 2.92. The van der Waals surface area contributed by atoms with Crippen LogP contribution >= 0.6 is 15.9 Å². The number of aryl methyl sites for hydroxylation is 1. The van der Waals surface area contributed by atoms with Gasteiger partial charge in [-0.2, -0.15) is 0 Å². The van der Waals surface area contributed by atoms with Crippen LogP contribution in [-0.2, 0) is 6.42 Å². The van der Waals surface area contributed by atoms with Crippen molar-refractivity contribution in [2.24, 2.45) is 0 Å². The topological polar surface area (TPSA) is 72.2 Å². The summed E-state index contributed by atoms with van der Waals surface area (Å²) < 4.78 is 0.584. The lowest BCUT2D eigenvalue weighted by molar-refractivity contribution is 0.0979. The Morgan fingerprint density at radius 1 is 0.730 bits per heavy atom. The van der Waals surface area contributed by atoms with Crippen LogP contribution in [0.25, 0.3) is 0 Å². The first kappa shape index (κ1) is 27.1. The van der Waals surface area contributed by atoms with Crippen LogP contribution in [0, 0.1) is 0 Å². The highest BCUT2D eigenvalue weighted by molar-refractivity contribution is 9.10. The molecule has 0 saturated carbocycles. The second-order valence-corrected chi connectivity index (χ2v) is 10.8. The van der Waals surface area contributed by atoms with E-state index in [1.165, 1.54) is 69.8 Å². The fraction of sp³-hybridized carbons (Fsp3) is 0.375. The summed E-state index contributed by atoms with van der Waals surface area (Å²) in [6.45, 7) is 2.26. The number of nitrogen functional groups attached to an aromatic ring is 1. The number of carbonyl (C=O) groups excluding carboxylic acids is 2. The molecule has 4 rings (SSSR count). The van der Waals surface area contributed by atoms with Crippen molar-refractivity contribution in [3.8, 4) is 0 Å². The van der Waals surface area contributed by atoms with Crippen molar-refractivity contribution < 1.29 is 9.59 Å². The quantitative estimate of drug-likeness (QED) is 0.126. The molecule has 0 spiro atoms.